The van der Waals surface area contributed by atoms with Crippen LogP contribution in [0.3, 0.4) is 0 Å². The second kappa shape index (κ2) is 8.69. The standard InChI is InChI=1S/C14H13BrFN3S.CH4/c15-11-5-6-13(18-9-11)19-14(20)17-8-7-10-3-1-2-4-12(10)16;/h1-6,9H,7-8H2,(H2,17,18,19,20);1H4. The van der Waals surface area contributed by atoms with Crippen molar-refractivity contribution >= 4 is 39.1 Å². The normalized spacial score (nSPS) is 9.62. The Kier molecular flexibility index (Phi) is 7.25. The molecule has 2 N–H and O–H groups in total. The number of halogens is 2. The van der Waals surface area contributed by atoms with Crippen LogP contribution in [-0.2, 0) is 6.42 Å². The zero-order valence-corrected chi connectivity index (χ0v) is 13.0. The molecule has 0 radical (unpaired) electrons. The van der Waals surface area contributed by atoms with Gasteiger partial charge >= 0.3 is 0 Å². The first-order valence-corrected chi connectivity index (χ1v) is 7.25. The number of aromatic nitrogens is 1. The third kappa shape index (κ3) is 5.77. The monoisotopic (exact) mass is 369 g/mol. The largest absolute Gasteiger partial charge is 0.362 e. The lowest BCUT2D eigenvalue weighted by atomic mass is 10.1. The van der Waals surface area contributed by atoms with E-state index in [0.29, 0.717) is 29.5 Å². The topological polar surface area (TPSA) is 37.0 Å². The van der Waals surface area contributed by atoms with Crippen molar-refractivity contribution in [2.75, 3.05) is 11.9 Å². The van der Waals surface area contributed by atoms with Crippen LogP contribution in [0, 0.1) is 5.82 Å². The molecule has 0 atom stereocenters. The van der Waals surface area contributed by atoms with Gasteiger partial charge in [0.1, 0.15) is 11.6 Å². The van der Waals surface area contributed by atoms with Gasteiger partial charge in [0.05, 0.1) is 0 Å². The van der Waals surface area contributed by atoms with Gasteiger partial charge in [0.15, 0.2) is 5.11 Å². The van der Waals surface area contributed by atoms with Gasteiger partial charge in [0.2, 0.25) is 0 Å². The van der Waals surface area contributed by atoms with Crippen molar-refractivity contribution in [1.29, 1.82) is 0 Å². The molecule has 0 fully saturated rings. The minimum atomic E-state index is -0.192. The van der Waals surface area contributed by atoms with Crippen LogP contribution in [0.15, 0.2) is 47.1 Å². The number of hydrogen-bond donors (Lipinski definition) is 2. The zero-order chi connectivity index (χ0) is 14.4. The van der Waals surface area contributed by atoms with Gasteiger partial charge in [-0.2, -0.15) is 0 Å². The highest BCUT2D eigenvalue weighted by atomic mass is 79.9. The molecule has 2 aromatic rings. The van der Waals surface area contributed by atoms with Crippen molar-refractivity contribution in [1.82, 2.24) is 10.3 Å². The van der Waals surface area contributed by atoms with Gasteiger partial charge in [0.25, 0.3) is 0 Å². The molecule has 1 aromatic heterocycles. The molecule has 0 aliphatic carbocycles. The first kappa shape index (κ1) is 17.5. The fourth-order valence-electron chi connectivity index (χ4n) is 1.62. The predicted octanol–water partition coefficient (Wildman–Crippen LogP) is 4.15. The number of nitrogens with zero attached hydrogens (tertiary/aromatic N) is 1. The fourth-order valence-corrected chi connectivity index (χ4v) is 2.06. The summed E-state index contributed by atoms with van der Waals surface area (Å²) in [5.41, 5.74) is 0.671. The third-order valence-corrected chi connectivity index (χ3v) is 3.32. The van der Waals surface area contributed by atoms with E-state index in [-0.39, 0.29) is 13.2 Å². The maximum absolute atomic E-state index is 13.4. The number of nitrogens with one attached hydrogen (secondary N) is 2. The maximum Gasteiger partial charge on any atom is 0.171 e. The molecule has 0 unspecified atom stereocenters. The summed E-state index contributed by atoms with van der Waals surface area (Å²) in [6.07, 6.45) is 2.26. The Labute approximate surface area is 138 Å². The van der Waals surface area contributed by atoms with Crippen LogP contribution in [0.5, 0.6) is 0 Å². The lowest BCUT2D eigenvalue weighted by Gasteiger charge is -2.10. The van der Waals surface area contributed by atoms with Gasteiger partial charge in [0, 0.05) is 17.2 Å². The molecule has 0 amide bonds. The van der Waals surface area contributed by atoms with E-state index in [1.54, 1.807) is 18.3 Å². The first-order valence-electron chi connectivity index (χ1n) is 6.05. The Balaban J connectivity index is 0.00000220. The second-order valence-electron chi connectivity index (χ2n) is 4.08. The van der Waals surface area contributed by atoms with Crippen molar-refractivity contribution in [2.24, 2.45) is 0 Å². The number of hydrogen-bond acceptors (Lipinski definition) is 2. The van der Waals surface area contributed by atoms with Crippen LogP contribution in [-0.4, -0.2) is 16.6 Å². The molecule has 0 aliphatic heterocycles. The fraction of sp³-hybridized carbons (Fsp3) is 0.200. The Morgan fingerprint density at radius 3 is 2.67 bits per heavy atom. The number of rotatable bonds is 4. The number of thiocarbonyl (C=S) groups is 1. The summed E-state index contributed by atoms with van der Waals surface area (Å²) in [7, 11) is 0. The quantitative estimate of drug-likeness (QED) is 0.793. The van der Waals surface area contributed by atoms with Crippen molar-refractivity contribution in [2.45, 2.75) is 13.8 Å². The van der Waals surface area contributed by atoms with Crippen LogP contribution < -0.4 is 10.6 Å². The smallest absolute Gasteiger partial charge is 0.171 e. The molecule has 6 heteroatoms. The summed E-state index contributed by atoms with van der Waals surface area (Å²) in [4.78, 5) is 4.15. The SMILES string of the molecule is C.Fc1ccccc1CCNC(=S)Nc1ccc(Br)cn1. The number of anilines is 1. The van der Waals surface area contributed by atoms with E-state index in [0.717, 1.165) is 4.47 Å². The lowest BCUT2D eigenvalue weighted by molar-refractivity contribution is 0.607. The minimum absolute atomic E-state index is 0. The molecule has 112 valence electrons. The summed E-state index contributed by atoms with van der Waals surface area (Å²) in [6, 6.07) is 10.4. The van der Waals surface area contributed by atoms with E-state index in [1.165, 1.54) is 6.07 Å². The van der Waals surface area contributed by atoms with E-state index in [1.807, 2.05) is 18.2 Å². The van der Waals surface area contributed by atoms with Crippen LogP contribution in [0.25, 0.3) is 0 Å². The van der Waals surface area contributed by atoms with E-state index >= 15 is 0 Å². The highest BCUT2D eigenvalue weighted by molar-refractivity contribution is 9.10. The van der Waals surface area contributed by atoms with Crippen LogP contribution in [0.4, 0.5) is 10.2 Å². The Hall–Kier alpha value is -1.53. The Bertz CT molecular complexity index is 590. The van der Waals surface area contributed by atoms with Gasteiger partial charge in [-0.15, -0.1) is 0 Å². The average molecular weight is 370 g/mol. The van der Waals surface area contributed by atoms with Gasteiger partial charge in [-0.1, -0.05) is 25.6 Å². The van der Waals surface area contributed by atoms with Gasteiger partial charge in [-0.25, -0.2) is 9.37 Å². The summed E-state index contributed by atoms with van der Waals surface area (Å²) in [6.45, 7) is 0.559. The van der Waals surface area contributed by atoms with Gasteiger partial charge < -0.3 is 10.6 Å². The Morgan fingerprint density at radius 2 is 2.00 bits per heavy atom. The van der Waals surface area contributed by atoms with E-state index in [4.69, 9.17) is 12.2 Å². The van der Waals surface area contributed by atoms with Crippen molar-refractivity contribution in [3.8, 4) is 0 Å². The third-order valence-electron chi connectivity index (χ3n) is 2.61. The van der Waals surface area contributed by atoms with E-state index in [2.05, 4.69) is 31.5 Å². The van der Waals surface area contributed by atoms with Crippen LogP contribution in [0.2, 0.25) is 0 Å². The molecule has 0 spiro atoms. The molecule has 3 nitrogen and oxygen atoms in total. The van der Waals surface area contributed by atoms with Crippen molar-refractivity contribution in [3.63, 3.8) is 0 Å². The summed E-state index contributed by atoms with van der Waals surface area (Å²) in [5.74, 6) is 0.472. The molecule has 2 rings (SSSR count). The molecule has 0 aliphatic rings. The van der Waals surface area contributed by atoms with Crippen LogP contribution >= 0.6 is 28.1 Å². The summed E-state index contributed by atoms with van der Waals surface area (Å²) in [5, 5.41) is 6.46. The van der Waals surface area contributed by atoms with E-state index < -0.39 is 0 Å². The average Bonchev–Trinajstić information content (AvgIpc) is 2.43. The Morgan fingerprint density at radius 1 is 1.24 bits per heavy atom. The number of benzene rings is 1. The van der Waals surface area contributed by atoms with E-state index in [9.17, 15) is 4.39 Å². The van der Waals surface area contributed by atoms with Crippen molar-refractivity contribution < 1.29 is 4.39 Å². The molecule has 21 heavy (non-hydrogen) atoms. The lowest BCUT2D eigenvalue weighted by Crippen LogP contribution is -2.30. The molecular weight excluding hydrogens is 353 g/mol. The van der Waals surface area contributed by atoms with Gasteiger partial charge in [-0.3, -0.25) is 0 Å². The summed E-state index contributed by atoms with van der Waals surface area (Å²) >= 11 is 8.46. The molecule has 0 saturated heterocycles. The highest BCUT2D eigenvalue weighted by Gasteiger charge is 2.02. The first-order chi connectivity index (χ1) is 9.65. The highest BCUT2D eigenvalue weighted by Crippen LogP contribution is 2.10. The van der Waals surface area contributed by atoms with Crippen molar-refractivity contribution in [3.05, 3.63) is 58.4 Å². The number of pyridine rings is 1. The molecular formula is C15H17BrFN3S. The molecule has 0 bridgehead atoms. The summed E-state index contributed by atoms with van der Waals surface area (Å²) < 4.78 is 14.3. The molecule has 0 saturated carbocycles. The minimum Gasteiger partial charge on any atom is -0.362 e. The predicted molar refractivity (Wildman–Crippen MR) is 93.0 cm³/mol. The zero-order valence-electron chi connectivity index (χ0n) is 10.6. The molecule has 1 aromatic carbocycles. The second-order valence-corrected chi connectivity index (χ2v) is 5.41. The van der Waals surface area contributed by atoms with Crippen LogP contribution in [0.1, 0.15) is 13.0 Å². The maximum atomic E-state index is 13.4. The molecule has 1 heterocycles. The van der Waals surface area contributed by atoms with Gasteiger partial charge in [-0.05, 0) is 58.3 Å².